The van der Waals surface area contributed by atoms with Crippen LogP contribution in [-0.4, -0.2) is 105 Å². The lowest BCUT2D eigenvalue weighted by molar-refractivity contribution is -0.269. The van der Waals surface area contributed by atoms with Crippen LogP contribution in [0.1, 0.15) is 81.6 Å². The van der Waals surface area contributed by atoms with Gasteiger partial charge in [0.25, 0.3) is 0 Å². The number of rotatable bonds is 5. The average molecular weight is 574 g/mol. The van der Waals surface area contributed by atoms with E-state index < -0.39 is 84.1 Å². The van der Waals surface area contributed by atoms with Gasteiger partial charge in [-0.15, -0.1) is 0 Å². The summed E-state index contributed by atoms with van der Waals surface area (Å²) in [4.78, 5) is 28.8. The number of aliphatic hydroxyl groups excluding tert-OH is 3. The molecule has 40 heavy (non-hydrogen) atoms. The van der Waals surface area contributed by atoms with E-state index in [-0.39, 0.29) is 18.2 Å². The predicted molar refractivity (Wildman–Crippen MR) is 150 cm³/mol. The van der Waals surface area contributed by atoms with Gasteiger partial charge in [0.1, 0.15) is 11.9 Å². The van der Waals surface area contributed by atoms with Gasteiger partial charge in [0.2, 0.25) is 0 Å². The maximum Gasteiger partial charge on any atom is 0.311 e. The third-order valence-electron chi connectivity index (χ3n) is 9.53. The first-order valence-corrected chi connectivity index (χ1v) is 15.0. The molecular formula is C30H55NO9. The number of hydrogen-bond donors (Lipinski definition) is 4. The fraction of sp³-hybridized carbons (Fsp3) is 0.933. The van der Waals surface area contributed by atoms with Crippen molar-refractivity contribution in [1.82, 2.24) is 4.90 Å². The molecule has 0 aromatic rings. The van der Waals surface area contributed by atoms with Crippen molar-refractivity contribution in [3.63, 3.8) is 0 Å². The lowest BCUT2D eigenvalue weighted by Crippen LogP contribution is -2.57. The minimum atomic E-state index is -1.69. The molecule has 0 amide bonds. The van der Waals surface area contributed by atoms with Gasteiger partial charge in [-0.2, -0.15) is 0 Å². The minimum absolute atomic E-state index is 0.0297. The molecule has 2 saturated heterocycles. The summed E-state index contributed by atoms with van der Waals surface area (Å²) in [7, 11) is 1.91. The third kappa shape index (κ3) is 7.82. The normalized spacial score (nSPS) is 46.6. The molecule has 2 heterocycles. The van der Waals surface area contributed by atoms with E-state index in [1.807, 2.05) is 25.8 Å². The van der Waals surface area contributed by atoms with Gasteiger partial charge in [0, 0.05) is 36.1 Å². The fourth-order valence-electron chi connectivity index (χ4n) is 6.49. The Morgan fingerprint density at radius 1 is 0.975 bits per heavy atom. The fourth-order valence-corrected chi connectivity index (χ4v) is 6.49. The number of nitrogens with zero attached hydrogens (tertiary/aromatic N) is 1. The zero-order chi connectivity index (χ0) is 30.7. The summed E-state index contributed by atoms with van der Waals surface area (Å²) < 4.78 is 18.3. The first-order valence-electron chi connectivity index (χ1n) is 15.0. The first kappa shape index (κ1) is 35.1. The van der Waals surface area contributed by atoms with E-state index in [1.165, 1.54) is 6.92 Å². The Balaban J connectivity index is 2.48. The molecule has 2 rings (SSSR count). The molecular weight excluding hydrogens is 518 g/mol. The van der Waals surface area contributed by atoms with Crippen molar-refractivity contribution in [1.29, 1.82) is 0 Å². The molecule has 14 atom stereocenters. The molecule has 0 aromatic carbocycles. The Morgan fingerprint density at radius 3 is 2.12 bits per heavy atom. The smallest absolute Gasteiger partial charge is 0.311 e. The van der Waals surface area contributed by atoms with Crippen LogP contribution < -0.4 is 0 Å². The second-order valence-corrected chi connectivity index (χ2v) is 12.7. The quantitative estimate of drug-likeness (QED) is 0.361. The molecule has 234 valence electrons. The van der Waals surface area contributed by atoms with E-state index in [4.69, 9.17) is 14.2 Å². The van der Waals surface area contributed by atoms with Crippen LogP contribution in [0.15, 0.2) is 0 Å². The third-order valence-corrected chi connectivity index (χ3v) is 9.53. The van der Waals surface area contributed by atoms with Gasteiger partial charge in [-0.05, 0) is 47.2 Å². The highest BCUT2D eigenvalue weighted by Gasteiger charge is 2.47. The molecule has 2 unspecified atom stereocenters. The molecule has 2 fully saturated rings. The van der Waals surface area contributed by atoms with Crippen molar-refractivity contribution < 1.29 is 44.2 Å². The van der Waals surface area contributed by atoms with Crippen molar-refractivity contribution >= 4 is 11.8 Å². The maximum atomic E-state index is 13.5. The lowest BCUT2D eigenvalue weighted by atomic mass is 9.75. The predicted octanol–water partition coefficient (Wildman–Crippen LogP) is 2.14. The van der Waals surface area contributed by atoms with E-state index in [0.717, 1.165) is 0 Å². The Labute approximate surface area is 240 Å². The van der Waals surface area contributed by atoms with Crippen LogP contribution in [0.5, 0.6) is 0 Å². The summed E-state index contributed by atoms with van der Waals surface area (Å²) >= 11 is 0. The first-order chi connectivity index (χ1) is 18.5. The number of likely N-dealkylation sites (N-methyl/N-ethyl adjacent to an activating group) is 1. The summed E-state index contributed by atoms with van der Waals surface area (Å²) in [6, 6.07) is -0.233. The maximum absolute atomic E-state index is 13.5. The number of carbonyl (C=O) groups excluding carboxylic acids is 2. The van der Waals surface area contributed by atoms with Crippen molar-refractivity contribution in [3.05, 3.63) is 0 Å². The Bertz CT molecular complexity index is 838. The van der Waals surface area contributed by atoms with Crippen molar-refractivity contribution in [3.8, 4) is 0 Å². The van der Waals surface area contributed by atoms with E-state index in [0.29, 0.717) is 19.4 Å². The molecule has 2 aliphatic heterocycles. The number of Topliss-reactive ketones (excluding diaryl/α,β-unsaturated/α-hetero) is 1. The molecule has 0 saturated carbocycles. The van der Waals surface area contributed by atoms with Crippen molar-refractivity contribution in [2.75, 3.05) is 13.6 Å². The number of carbonyl (C=O) groups is 2. The Hall–Kier alpha value is -1.14. The molecule has 10 nitrogen and oxygen atoms in total. The zero-order valence-electron chi connectivity index (χ0n) is 26.1. The van der Waals surface area contributed by atoms with Crippen LogP contribution >= 0.6 is 0 Å². The highest BCUT2D eigenvalue weighted by molar-refractivity contribution is 5.83. The zero-order valence-corrected chi connectivity index (χ0v) is 26.1. The topological polar surface area (TPSA) is 146 Å². The standard InChI is InChI=1S/C30H55NO9/c1-11-22-16(4)25(33)17(5)24(32)15(3)14-30(9,37)28(35)18(6)27(19(7)29(36)39-22)40-23-13-21(31(10)12-2)26(34)20(8)38-23/h15-23,25-28,33-35,37H,11-14H2,1-10H3/t15-,16+,17+,18+,19-,20?,21?,22-,23+,25+,26-,27+,28-,30-/m1/s1. The van der Waals surface area contributed by atoms with Crippen LogP contribution in [-0.2, 0) is 23.8 Å². The number of aliphatic hydroxyl groups is 4. The van der Waals surface area contributed by atoms with Crippen molar-refractivity contribution in [2.45, 2.75) is 136 Å². The van der Waals surface area contributed by atoms with Crippen LogP contribution in [0.25, 0.3) is 0 Å². The van der Waals surface area contributed by atoms with Gasteiger partial charge >= 0.3 is 5.97 Å². The molecule has 0 aromatic heterocycles. The van der Waals surface area contributed by atoms with Crippen molar-refractivity contribution in [2.24, 2.45) is 29.6 Å². The average Bonchev–Trinajstić information content (AvgIpc) is 2.91. The molecule has 0 radical (unpaired) electrons. The molecule has 4 N–H and O–H groups in total. The van der Waals surface area contributed by atoms with Gasteiger partial charge in [0.05, 0.1) is 42.0 Å². The molecule has 0 bridgehead atoms. The lowest BCUT2D eigenvalue weighted by Gasteiger charge is -2.45. The number of ether oxygens (including phenoxy) is 3. The van der Waals surface area contributed by atoms with Gasteiger partial charge in [0.15, 0.2) is 6.29 Å². The summed E-state index contributed by atoms with van der Waals surface area (Å²) in [5, 5.41) is 44.6. The second-order valence-electron chi connectivity index (χ2n) is 12.7. The highest BCUT2D eigenvalue weighted by atomic mass is 16.7. The summed E-state index contributed by atoms with van der Waals surface area (Å²) in [5.74, 6) is -4.28. The number of cyclic esters (lactones) is 1. The summed E-state index contributed by atoms with van der Waals surface area (Å²) in [6.45, 7) is 16.3. The van der Waals surface area contributed by atoms with Gasteiger partial charge in [-0.3, -0.25) is 9.59 Å². The largest absolute Gasteiger partial charge is 0.462 e. The Kier molecular flexibility index (Phi) is 12.6. The molecule has 0 spiro atoms. The molecule has 2 aliphatic rings. The minimum Gasteiger partial charge on any atom is -0.462 e. The summed E-state index contributed by atoms with van der Waals surface area (Å²) in [5.41, 5.74) is -1.69. The van der Waals surface area contributed by atoms with Gasteiger partial charge in [-0.25, -0.2) is 0 Å². The molecule has 0 aliphatic carbocycles. The number of esters is 1. The second kappa shape index (κ2) is 14.4. The van der Waals surface area contributed by atoms with Gasteiger partial charge < -0.3 is 39.5 Å². The van der Waals surface area contributed by atoms with E-state index >= 15 is 0 Å². The number of hydrogen-bond acceptors (Lipinski definition) is 10. The highest BCUT2D eigenvalue weighted by Crippen LogP contribution is 2.36. The van der Waals surface area contributed by atoms with Crippen LogP contribution in [0.3, 0.4) is 0 Å². The van der Waals surface area contributed by atoms with E-state index in [9.17, 15) is 30.0 Å². The monoisotopic (exact) mass is 573 g/mol. The van der Waals surface area contributed by atoms with Crippen LogP contribution in [0, 0.1) is 29.6 Å². The summed E-state index contributed by atoms with van der Waals surface area (Å²) in [6.07, 6.45) is -5.23. The van der Waals surface area contributed by atoms with E-state index in [1.54, 1.807) is 41.5 Å². The van der Waals surface area contributed by atoms with Crippen LogP contribution in [0.2, 0.25) is 0 Å². The number of ketones is 1. The SMILES string of the molecule is CC[C@H]1OC(=O)[C@H](C)[C@@H](O[C@H]2CC(N(C)CC)[C@H](O)C(C)O2)[C@H](C)[C@@H](O)[C@](C)(O)C[C@@H](C)C(=O)[C@H](C)[C@@H](O)[C@H]1C. The van der Waals surface area contributed by atoms with Gasteiger partial charge in [-0.1, -0.05) is 41.5 Å². The Morgan fingerprint density at radius 2 is 1.57 bits per heavy atom. The van der Waals surface area contributed by atoms with E-state index in [2.05, 4.69) is 0 Å². The van der Waals surface area contributed by atoms with Crippen LogP contribution in [0.4, 0.5) is 0 Å². The molecule has 10 heteroatoms.